The summed E-state index contributed by atoms with van der Waals surface area (Å²) in [4.78, 5) is 11.2. The number of carbonyl (C=O) groups is 1. The molecule has 0 spiro atoms. The second-order valence-electron chi connectivity index (χ2n) is 7.94. The first-order chi connectivity index (χ1) is 12.3. The van der Waals surface area contributed by atoms with Crippen LogP contribution in [-0.2, 0) is 14.3 Å². The number of ether oxygens (including phenoxy) is 2. The highest BCUT2D eigenvalue weighted by molar-refractivity contribution is 5.71. The van der Waals surface area contributed by atoms with Gasteiger partial charge in [-0.3, -0.25) is 4.79 Å². The predicted molar refractivity (Wildman–Crippen MR) is 102 cm³/mol. The first-order valence-corrected chi connectivity index (χ1v) is 10.8. The van der Waals surface area contributed by atoms with Gasteiger partial charge in [0, 0.05) is 6.61 Å². The van der Waals surface area contributed by atoms with Crippen LogP contribution in [0.5, 0.6) is 0 Å². The molecule has 0 aliphatic heterocycles. The minimum Gasteiger partial charge on any atom is -0.465 e. The highest BCUT2D eigenvalue weighted by Crippen LogP contribution is 2.35. The van der Waals surface area contributed by atoms with E-state index in [1.165, 1.54) is 64.2 Å². The topological polar surface area (TPSA) is 47.6 Å². The largest absolute Gasteiger partial charge is 0.465 e. The molecule has 146 valence electrons. The van der Waals surface area contributed by atoms with Crippen molar-refractivity contribution >= 4 is 5.97 Å². The number of carbonyl (C=O) groups excluding carboxylic acids is 1. The highest BCUT2D eigenvalue weighted by atomic mass is 16.5. The predicted octanol–water partition coefficient (Wildman–Crippen LogP) is 4.47. The molecule has 0 radical (unpaired) electrons. The van der Waals surface area contributed by atoms with Gasteiger partial charge in [0.2, 0.25) is 0 Å². The van der Waals surface area contributed by atoms with E-state index >= 15 is 0 Å². The van der Waals surface area contributed by atoms with Crippen molar-refractivity contribution in [3.8, 4) is 0 Å². The Bertz CT molecular complexity index is 347. The summed E-state index contributed by atoms with van der Waals surface area (Å²) in [5, 5.41) is 3.12. The van der Waals surface area contributed by atoms with Gasteiger partial charge in [-0.15, -0.1) is 0 Å². The van der Waals surface area contributed by atoms with Gasteiger partial charge in [0.1, 0.15) is 0 Å². The molecule has 0 aromatic rings. The number of unbranched alkanes of at least 4 members (excludes halogenated alkanes) is 1. The Kier molecular flexibility index (Phi) is 10.5. The van der Waals surface area contributed by atoms with Crippen molar-refractivity contribution in [1.82, 2.24) is 5.32 Å². The lowest BCUT2D eigenvalue weighted by atomic mass is 9.77. The zero-order valence-electron chi connectivity index (χ0n) is 16.3. The van der Waals surface area contributed by atoms with E-state index in [0.29, 0.717) is 19.3 Å². The van der Waals surface area contributed by atoms with E-state index in [4.69, 9.17) is 9.47 Å². The van der Waals surface area contributed by atoms with Gasteiger partial charge < -0.3 is 14.8 Å². The summed E-state index contributed by atoms with van der Waals surface area (Å²) in [7, 11) is 0. The first kappa shape index (κ1) is 20.7. The average molecular weight is 354 g/mol. The molecule has 2 aliphatic rings. The molecule has 2 rings (SSSR count). The first-order valence-electron chi connectivity index (χ1n) is 10.8. The van der Waals surface area contributed by atoms with Crippen LogP contribution < -0.4 is 5.32 Å². The number of nitrogens with one attached hydrogen (secondary N) is 1. The Morgan fingerprint density at radius 2 is 1.68 bits per heavy atom. The van der Waals surface area contributed by atoms with E-state index < -0.39 is 0 Å². The van der Waals surface area contributed by atoms with E-state index in [1.807, 2.05) is 6.92 Å². The molecule has 0 atom stereocenters. The third-order valence-electron chi connectivity index (χ3n) is 5.86. The standard InChI is InChI=1S/C21H39NO3/c1-2-24-21(23)17-22-14-6-7-15-25-20-12-10-19(11-13-20)16-18-8-4-3-5-9-18/h18-20,22H,2-17H2,1H3. The Morgan fingerprint density at radius 3 is 2.40 bits per heavy atom. The lowest BCUT2D eigenvalue weighted by molar-refractivity contribution is -0.141. The Labute approximate surface area is 154 Å². The van der Waals surface area contributed by atoms with Crippen LogP contribution in [0.2, 0.25) is 0 Å². The highest BCUT2D eigenvalue weighted by Gasteiger charge is 2.24. The van der Waals surface area contributed by atoms with Gasteiger partial charge in [0.15, 0.2) is 0 Å². The third-order valence-corrected chi connectivity index (χ3v) is 5.86. The lowest BCUT2D eigenvalue weighted by Gasteiger charge is -2.32. The Balaban J connectivity index is 1.41. The molecule has 0 amide bonds. The summed E-state index contributed by atoms with van der Waals surface area (Å²) in [6.45, 7) is 4.32. The maximum Gasteiger partial charge on any atom is 0.319 e. The van der Waals surface area contributed by atoms with Gasteiger partial charge in [-0.05, 0) is 70.3 Å². The van der Waals surface area contributed by atoms with Gasteiger partial charge in [-0.2, -0.15) is 0 Å². The fourth-order valence-corrected chi connectivity index (χ4v) is 4.43. The molecule has 4 nitrogen and oxygen atoms in total. The Morgan fingerprint density at radius 1 is 0.960 bits per heavy atom. The molecule has 4 heteroatoms. The number of hydrogen-bond acceptors (Lipinski definition) is 4. The zero-order chi connectivity index (χ0) is 17.7. The van der Waals surface area contributed by atoms with Gasteiger partial charge in [-0.1, -0.05) is 32.1 Å². The summed E-state index contributed by atoms with van der Waals surface area (Å²) in [5.74, 6) is 1.83. The maximum atomic E-state index is 11.2. The van der Waals surface area contributed by atoms with E-state index in [0.717, 1.165) is 37.8 Å². The lowest BCUT2D eigenvalue weighted by Crippen LogP contribution is -2.26. The summed E-state index contributed by atoms with van der Waals surface area (Å²) in [6, 6.07) is 0. The zero-order valence-corrected chi connectivity index (χ0v) is 16.3. The summed E-state index contributed by atoms with van der Waals surface area (Å²) >= 11 is 0. The molecule has 0 aromatic carbocycles. The normalized spacial score (nSPS) is 25.0. The van der Waals surface area contributed by atoms with E-state index in [-0.39, 0.29) is 5.97 Å². The fraction of sp³-hybridized carbons (Fsp3) is 0.952. The molecule has 0 aromatic heterocycles. The second kappa shape index (κ2) is 12.7. The molecule has 2 aliphatic carbocycles. The molecule has 0 heterocycles. The average Bonchev–Trinajstić information content (AvgIpc) is 2.63. The summed E-state index contributed by atoms with van der Waals surface area (Å²) in [6.07, 6.45) is 16.8. The van der Waals surface area contributed by atoms with Crippen LogP contribution in [0.25, 0.3) is 0 Å². The van der Waals surface area contributed by atoms with Crippen molar-refractivity contribution in [3.05, 3.63) is 0 Å². The van der Waals surface area contributed by atoms with Crippen LogP contribution in [0.1, 0.15) is 84.0 Å². The molecule has 1 N–H and O–H groups in total. The molecule has 2 fully saturated rings. The van der Waals surface area contributed by atoms with E-state index in [2.05, 4.69) is 5.32 Å². The quantitative estimate of drug-likeness (QED) is 0.440. The van der Waals surface area contributed by atoms with Crippen LogP contribution in [0.4, 0.5) is 0 Å². The summed E-state index contributed by atoms with van der Waals surface area (Å²) < 4.78 is 10.9. The molecule has 2 saturated carbocycles. The molecule has 0 unspecified atom stereocenters. The van der Waals surface area contributed by atoms with Crippen molar-refractivity contribution in [2.45, 2.75) is 90.1 Å². The molecule has 25 heavy (non-hydrogen) atoms. The molecular formula is C21H39NO3. The monoisotopic (exact) mass is 353 g/mol. The van der Waals surface area contributed by atoms with Crippen LogP contribution in [-0.4, -0.2) is 38.4 Å². The van der Waals surface area contributed by atoms with Gasteiger partial charge >= 0.3 is 5.97 Å². The smallest absolute Gasteiger partial charge is 0.319 e. The number of rotatable bonds is 11. The third kappa shape index (κ3) is 9.05. The summed E-state index contributed by atoms with van der Waals surface area (Å²) in [5.41, 5.74) is 0. The van der Waals surface area contributed by atoms with Gasteiger partial charge in [0.05, 0.1) is 19.3 Å². The maximum absolute atomic E-state index is 11.2. The van der Waals surface area contributed by atoms with Crippen molar-refractivity contribution < 1.29 is 14.3 Å². The second-order valence-corrected chi connectivity index (χ2v) is 7.94. The number of esters is 1. The minimum absolute atomic E-state index is 0.163. The molecular weight excluding hydrogens is 314 g/mol. The van der Waals surface area contributed by atoms with E-state index in [1.54, 1.807) is 0 Å². The minimum atomic E-state index is -0.163. The van der Waals surface area contributed by atoms with Crippen molar-refractivity contribution in [2.75, 3.05) is 26.3 Å². The van der Waals surface area contributed by atoms with Crippen LogP contribution in [0, 0.1) is 11.8 Å². The van der Waals surface area contributed by atoms with Gasteiger partial charge in [0.25, 0.3) is 0 Å². The van der Waals surface area contributed by atoms with Crippen LogP contribution in [0.3, 0.4) is 0 Å². The van der Waals surface area contributed by atoms with Crippen molar-refractivity contribution in [1.29, 1.82) is 0 Å². The number of hydrogen-bond donors (Lipinski definition) is 1. The van der Waals surface area contributed by atoms with Gasteiger partial charge in [-0.25, -0.2) is 0 Å². The molecule has 0 saturated heterocycles. The SMILES string of the molecule is CCOC(=O)CNCCCCOC1CCC(CC2CCCCC2)CC1. The fourth-order valence-electron chi connectivity index (χ4n) is 4.43. The van der Waals surface area contributed by atoms with Crippen molar-refractivity contribution in [3.63, 3.8) is 0 Å². The Hall–Kier alpha value is -0.610. The van der Waals surface area contributed by atoms with Crippen LogP contribution >= 0.6 is 0 Å². The van der Waals surface area contributed by atoms with Crippen LogP contribution in [0.15, 0.2) is 0 Å². The van der Waals surface area contributed by atoms with E-state index in [9.17, 15) is 4.79 Å². The molecule has 0 bridgehead atoms. The van der Waals surface area contributed by atoms with Crippen molar-refractivity contribution in [2.24, 2.45) is 11.8 Å².